The molecule has 3 rings (SSSR count). The van der Waals surface area contributed by atoms with Crippen LogP contribution in [0.2, 0.25) is 5.02 Å². The summed E-state index contributed by atoms with van der Waals surface area (Å²) in [5.74, 6) is -0.440. The van der Waals surface area contributed by atoms with Crippen molar-refractivity contribution in [2.45, 2.75) is 17.7 Å². The molecule has 2 aromatic rings. The van der Waals surface area contributed by atoms with Crippen molar-refractivity contribution in [2.24, 2.45) is 0 Å². The Morgan fingerprint density at radius 3 is 2.54 bits per heavy atom. The third kappa shape index (κ3) is 3.18. The number of para-hydroxylation sites is 1. The molecule has 3 N–H and O–H groups in total. The summed E-state index contributed by atoms with van der Waals surface area (Å²) in [6, 6.07) is 9.15. The van der Waals surface area contributed by atoms with E-state index in [2.05, 4.69) is 10.6 Å². The van der Waals surface area contributed by atoms with Gasteiger partial charge in [0.2, 0.25) is 0 Å². The minimum absolute atomic E-state index is 0.0111. The number of halogens is 1. The highest BCUT2D eigenvalue weighted by atomic mass is 35.5. The molecule has 0 aliphatic carbocycles. The summed E-state index contributed by atoms with van der Waals surface area (Å²) in [6.07, 6.45) is 1.10. The first-order valence-electron chi connectivity index (χ1n) is 7.28. The fourth-order valence-corrected chi connectivity index (χ4v) is 4.54. The molecule has 0 fully saturated rings. The molecule has 24 heavy (non-hydrogen) atoms. The van der Waals surface area contributed by atoms with Crippen molar-refractivity contribution in [3.8, 4) is 5.75 Å². The summed E-state index contributed by atoms with van der Waals surface area (Å²) in [6.45, 7) is 0. The molecule has 1 aliphatic heterocycles. The van der Waals surface area contributed by atoms with Crippen LogP contribution in [-0.2, 0) is 16.3 Å². The zero-order valence-electron chi connectivity index (χ0n) is 12.5. The molecule has 0 saturated heterocycles. The molecule has 2 amide bonds. The van der Waals surface area contributed by atoms with Gasteiger partial charge in [-0.3, -0.25) is 0 Å². The number of urea groups is 1. The molecular formula is C16H15ClN2O4S. The van der Waals surface area contributed by atoms with E-state index in [-0.39, 0.29) is 16.3 Å². The van der Waals surface area contributed by atoms with E-state index in [1.54, 1.807) is 30.3 Å². The van der Waals surface area contributed by atoms with Gasteiger partial charge in [-0.05, 0) is 36.6 Å². The highest BCUT2D eigenvalue weighted by Crippen LogP contribution is 2.38. The van der Waals surface area contributed by atoms with Gasteiger partial charge < -0.3 is 15.7 Å². The summed E-state index contributed by atoms with van der Waals surface area (Å²) in [4.78, 5) is 12.0. The molecule has 1 aliphatic rings. The summed E-state index contributed by atoms with van der Waals surface area (Å²) in [5, 5.41) is 15.7. The number of fused-ring (bicyclic) bond motifs is 1. The van der Waals surface area contributed by atoms with E-state index < -0.39 is 21.6 Å². The summed E-state index contributed by atoms with van der Waals surface area (Å²) < 4.78 is 24.3. The minimum atomic E-state index is -3.54. The molecule has 8 heteroatoms. The Labute approximate surface area is 144 Å². The van der Waals surface area contributed by atoms with Crippen LogP contribution in [0, 0.1) is 0 Å². The van der Waals surface area contributed by atoms with E-state index in [1.807, 2.05) is 0 Å². The Balaban J connectivity index is 1.86. The Morgan fingerprint density at radius 2 is 1.79 bits per heavy atom. The van der Waals surface area contributed by atoms with Crippen LogP contribution >= 0.6 is 11.6 Å². The van der Waals surface area contributed by atoms with Crippen molar-refractivity contribution in [1.82, 2.24) is 0 Å². The van der Waals surface area contributed by atoms with Crippen LogP contribution in [0.3, 0.4) is 0 Å². The lowest BCUT2D eigenvalue weighted by atomic mass is 10.1. The molecule has 0 aromatic heterocycles. The van der Waals surface area contributed by atoms with Crippen molar-refractivity contribution < 1.29 is 18.3 Å². The molecular weight excluding hydrogens is 352 g/mol. The van der Waals surface area contributed by atoms with Gasteiger partial charge in [-0.15, -0.1) is 0 Å². The average molecular weight is 367 g/mol. The third-order valence-corrected chi connectivity index (χ3v) is 5.99. The fraction of sp³-hybridized carbons (Fsp3) is 0.188. The van der Waals surface area contributed by atoms with Crippen LogP contribution in [0.15, 0.2) is 41.3 Å². The van der Waals surface area contributed by atoms with Gasteiger partial charge in [-0.1, -0.05) is 29.8 Å². The van der Waals surface area contributed by atoms with Crippen LogP contribution in [0.1, 0.15) is 12.0 Å². The first-order valence-corrected chi connectivity index (χ1v) is 9.31. The molecule has 0 atom stereocenters. The number of hydrogen-bond donors (Lipinski definition) is 3. The number of amides is 2. The van der Waals surface area contributed by atoms with Crippen LogP contribution in [0.25, 0.3) is 0 Å². The zero-order chi connectivity index (χ0) is 17.3. The number of benzene rings is 2. The second kappa shape index (κ2) is 6.33. The van der Waals surface area contributed by atoms with Gasteiger partial charge in [0.25, 0.3) is 0 Å². The van der Waals surface area contributed by atoms with Crippen molar-refractivity contribution in [2.75, 3.05) is 16.4 Å². The Morgan fingerprint density at radius 1 is 1.08 bits per heavy atom. The second-order valence-electron chi connectivity index (χ2n) is 5.43. The topological polar surface area (TPSA) is 95.5 Å². The molecule has 126 valence electrons. The van der Waals surface area contributed by atoms with Crippen LogP contribution in [0.5, 0.6) is 5.75 Å². The number of phenols is 1. The fourth-order valence-electron chi connectivity index (χ4n) is 2.65. The molecule has 2 aromatic carbocycles. The second-order valence-corrected chi connectivity index (χ2v) is 7.88. The minimum Gasteiger partial charge on any atom is -0.504 e. The SMILES string of the molecule is O=C(Nc1ccccc1Cl)Nc1ccc2c(c1O)S(=O)(=O)CCC2. The first-order chi connectivity index (χ1) is 11.4. The molecule has 0 radical (unpaired) electrons. The Kier molecular flexibility index (Phi) is 4.38. The maximum atomic E-state index is 12.2. The molecule has 0 bridgehead atoms. The van der Waals surface area contributed by atoms with E-state index in [9.17, 15) is 18.3 Å². The van der Waals surface area contributed by atoms with E-state index in [4.69, 9.17) is 11.6 Å². The highest BCUT2D eigenvalue weighted by molar-refractivity contribution is 7.91. The number of phenolic OH excluding ortho intramolecular Hbond substituents is 1. The van der Waals surface area contributed by atoms with Crippen molar-refractivity contribution in [3.05, 3.63) is 47.0 Å². The van der Waals surface area contributed by atoms with Crippen molar-refractivity contribution in [3.63, 3.8) is 0 Å². The smallest absolute Gasteiger partial charge is 0.323 e. The highest BCUT2D eigenvalue weighted by Gasteiger charge is 2.28. The van der Waals surface area contributed by atoms with Crippen LogP contribution in [0.4, 0.5) is 16.2 Å². The number of carbonyl (C=O) groups excluding carboxylic acids is 1. The number of rotatable bonds is 2. The number of anilines is 2. The number of aryl methyl sites for hydroxylation is 1. The molecule has 0 unspecified atom stereocenters. The summed E-state index contributed by atoms with van der Waals surface area (Å²) in [5.41, 5.74) is 1.00. The van der Waals surface area contributed by atoms with E-state index in [0.29, 0.717) is 29.1 Å². The summed E-state index contributed by atoms with van der Waals surface area (Å²) >= 11 is 5.96. The van der Waals surface area contributed by atoms with Gasteiger partial charge in [0.15, 0.2) is 15.6 Å². The van der Waals surface area contributed by atoms with E-state index in [1.165, 1.54) is 6.07 Å². The lowest BCUT2D eigenvalue weighted by molar-refractivity contribution is 0.262. The zero-order valence-corrected chi connectivity index (χ0v) is 14.1. The largest absolute Gasteiger partial charge is 0.504 e. The molecule has 1 heterocycles. The number of carbonyl (C=O) groups is 1. The number of sulfone groups is 1. The maximum Gasteiger partial charge on any atom is 0.323 e. The Hall–Kier alpha value is -2.25. The lowest BCUT2D eigenvalue weighted by Gasteiger charge is -2.19. The average Bonchev–Trinajstić information content (AvgIpc) is 2.51. The Bertz CT molecular complexity index is 912. The molecule has 0 spiro atoms. The van der Waals surface area contributed by atoms with Gasteiger partial charge in [0.1, 0.15) is 4.90 Å². The van der Waals surface area contributed by atoms with Gasteiger partial charge in [0.05, 0.1) is 22.2 Å². The number of aromatic hydroxyl groups is 1. The van der Waals surface area contributed by atoms with E-state index >= 15 is 0 Å². The standard InChI is InChI=1S/C16H15ClN2O4S/c17-11-5-1-2-6-12(11)18-16(21)19-13-8-7-10-4-3-9-24(22,23)15(10)14(13)20/h1-2,5-8,20H,3-4,9H2,(H2,18,19,21). The van der Waals surface area contributed by atoms with Gasteiger partial charge >= 0.3 is 6.03 Å². The predicted octanol–water partition coefficient (Wildman–Crippen LogP) is 3.41. The number of hydrogen-bond acceptors (Lipinski definition) is 4. The van der Waals surface area contributed by atoms with Crippen LogP contribution < -0.4 is 10.6 Å². The van der Waals surface area contributed by atoms with Gasteiger partial charge in [-0.2, -0.15) is 0 Å². The molecule has 6 nitrogen and oxygen atoms in total. The monoisotopic (exact) mass is 366 g/mol. The first kappa shape index (κ1) is 16.6. The van der Waals surface area contributed by atoms with E-state index in [0.717, 1.165) is 0 Å². The summed E-state index contributed by atoms with van der Waals surface area (Å²) in [7, 11) is -3.54. The van der Waals surface area contributed by atoms with Gasteiger partial charge in [-0.25, -0.2) is 13.2 Å². The molecule has 0 saturated carbocycles. The van der Waals surface area contributed by atoms with Crippen molar-refractivity contribution in [1.29, 1.82) is 0 Å². The maximum absolute atomic E-state index is 12.2. The normalized spacial score (nSPS) is 15.4. The van der Waals surface area contributed by atoms with Gasteiger partial charge in [0, 0.05) is 0 Å². The quantitative estimate of drug-likeness (QED) is 0.710. The third-order valence-electron chi connectivity index (χ3n) is 3.75. The van der Waals surface area contributed by atoms with Crippen molar-refractivity contribution >= 4 is 38.8 Å². The number of nitrogens with one attached hydrogen (secondary N) is 2. The lowest BCUT2D eigenvalue weighted by Crippen LogP contribution is -2.21. The predicted molar refractivity (Wildman–Crippen MR) is 92.6 cm³/mol. The van der Waals surface area contributed by atoms with Crippen LogP contribution in [-0.4, -0.2) is 25.3 Å².